The summed E-state index contributed by atoms with van der Waals surface area (Å²) >= 11 is 0. The van der Waals surface area contributed by atoms with Crippen LogP contribution in [0.1, 0.15) is 18.4 Å². The number of halogens is 1. The van der Waals surface area contributed by atoms with Crippen molar-refractivity contribution >= 4 is 0 Å². The first kappa shape index (κ1) is 16.4. The Kier molecular flexibility index (Phi) is 6.57. The maximum absolute atomic E-state index is 13.2. The summed E-state index contributed by atoms with van der Waals surface area (Å²) in [6.07, 6.45) is 1.48. The number of piperidine rings is 1. The summed E-state index contributed by atoms with van der Waals surface area (Å²) in [5.41, 5.74) is 0.953. The van der Waals surface area contributed by atoms with Gasteiger partial charge in [-0.05, 0) is 37.1 Å². The number of likely N-dealkylation sites (tertiary alicyclic amines) is 1. The summed E-state index contributed by atoms with van der Waals surface area (Å²) in [6, 6.07) is 6.80. The van der Waals surface area contributed by atoms with Crippen molar-refractivity contribution in [2.24, 2.45) is 0 Å². The molecular weight excluding hydrogens is 271 g/mol. The van der Waals surface area contributed by atoms with Crippen molar-refractivity contribution < 1.29 is 14.2 Å². The first-order chi connectivity index (χ1) is 10.2. The minimum atomic E-state index is -0.380. The fourth-order valence-electron chi connectivity index (χ4n) is 2.78. The molecule has 0 aliphatic carbocycles. The zero-order chi connectivity index (χ0) is 15.1. The van der Waals surface area contributed by atoms with Gasteiger partial charge < -0.3 is 15.2 Å². The molecule has 1 aromatic rings. The normalized spacial score (nSPS) is 23.4. The molecule has 0 spiro atoms. The topological polar surface area (TPSA) is 44.7 Å². The summed E-state index contributed by atoms with van der Waals surface area (Å²) in [7, 11) is 1.69. The number of hydrogen-bond acceptors (Lipinski definition) is 4. The van der Waals surface area contributed by atoms with Gasteiger partial charge in [-0.2, -0.15) is 0 Å². The van der Waals surface area contributed by atoms with Crippen molar-refractivity contribution in [3.8, 4) is 0 Å². The van der Waals surface area contributed by atoms with Crippen LogP contribution in [0.4, 0.5) is 4.39 Å². The number of aliphatic hydroxyl groups is 1. The molecule has 1 fully saturated rings. The van der Waals surface area contributed by atoms with Gasteiger partial charge in [-0.1, -0.05) is 12.1 Å². The zero-order valence-electron chi connectivity index (χ0n) is 12.6. The Morgan fingerprint density at radius 1 is 1.48 bits per heavy atom. The van der Waals surface area contributed by atoms with E-state index in [9.17, 15) is 9.50 Å². The highest BCUT2D eigenvalue weighted by atomic mass is 19.1. The summed E-state index contributed by atoms with van der Waals surface area (Å²) in [5, 5.41) is 13.6. The standard InChI is InChI=1S/C16H25FN2O2/c1-21-9-3-7-18-15-6-8-19(12-16(15)20)11-13-4-2-5-14(17)10-13/h2,4-5,10,15-16,18,20H,3,6-9,11-12H2,1H3/t15-,16-/m1/s1. The number of nitrogens with zero attached hydrogens (tertiary/aromatic N) is 1. The average molecular weight is 296 g/mol. The van der Waals surface area contributed by atoms with Crippen molar-refractivity contribution in [3.63, 3.8) is 0 Å². The third kappa shape index (κ3) is 5.36. The number of ether oxygens (including phenoxy) is 1. The Bertz CT molecular complexity index is 430. The van der Waals surface area contributed by atoms with Gasteiger partial charge in [0.2, 0.25) is 0 Å². The van der Waals surface area contributed by atoms with E-state index in [1.807, 2.05) is 6.07 Å². The lowest BCUT2D eigenvalue weighted by molar-refractivity contribution is 0.0364. The van der Waals surface area contributed by atoms with Crippen LogP contribution in [-0.2, 0) is 11.3 Å². The molecule has 1 heterocycles. The molecule has 0 aromatic heterocycles. The quantitative estimate of drug-likeness (QED) is 0.746. The van der Waals surface area contributed by atoms with Crippen LogP contribution in [-0.4, -0.2) is 55.5 Å². The van der Waals surface area contributed by atoms with E-state index in [0.29, 0.717) is 13.1 Å². The Hall–Kier alpha value is -1.01. The number of aliphatic hydroxyl groups excluding tert-OH is 1. The molecule has 21 heavy (non-hydrogen) atoms. The summed E-state index contributed by atoms with van der Waals surface area (Å²) < 4.78 is 18.2. The van der Waals surface area contributed by atoms with E-state index >= 15 is 0 Å². The summed E-state index contributed by atoms with van der Waals surface area (Å²) in [4.78, 5) is 2.17. The van der Waals surface area contributed by atoms with Crippen molar-refractivity contribution in [2.75, 3.05) is 33.4 Å². The lowest BCUT2D eigenvalue weighted by Gasteiger charge is -2.36. The largest absolute Gasteiger partial charge is 0.390 e. The summed E-state index contributed by atoms with van der Waals surface area (Å²) in [6.45, 7) is 3.82. The monoisotopic (exact) mass is 296 g/mol. The third-order valence-corrected chi connectivity index (χ3v) is 3.89. The first-order valence-electron chi connectivity index (χ1n) is 7.56. The molecule has 0 amide bonds. The molecule has 1 aromatic carbocycles. The molecule has 0 radical (unpaired) electrons. The van der Waals surface area contributed by atoms with Crippen LogP contribution in [0.2, 0.25) is 0 Å². The van der Waals surface area contributed by atoms with Crippen molar-refractivity contribution in [2.45, 2.75) is 31.5 Å². The fraction of sp³-hybridized carbons (Fsp3) is 0.625. The Morgan fingerprint density at radius 2 is 2.33 bits per heavy atom. The van der Waals surface area contributed by atoms with Gasteiger partial charge in [0.1, 0.15) is 5.82 Å². The van der Waals surface area contributed by atoms with Crippen LogP contribution in [0, 0.1) is 5.82 Å². The lowest BCUT2D eigenvalue weighted by Crippen LogP contribution is -2.52. The molecule has 0 unspecified atom stereocenters. The molecule has 2 rings (SSSR count). The average Bonchev–Trinajstić information content (AvgIpc) is 2.45. The first-order valence-corrected chi connectivity index (χ1v) is 7.56. The van der Waals surface area contributed by atoms with Gasteiger partial charge in [0.05, 0.1) is 6.10 Å². The zero-order valence-corrected chi connectivity index (χ0v) is 12.6. The highest BCUT2D eigenvalue weighted by Gasteiger charge is 2.26. The number of benzene rings is 1. The van der Waals surface area contributed by atoms with Crippen LogP contribution in [0.5, 0.6) is 0 Å². The molecule has 4 nitrogen and oxygen atoms in total. The number of nitrogens with one attached hydrogen (secondary N) is 1. The molecule has 118 valence electrons. The second-order valence-electron chi connectivity index (χ2n) is 5.63. The van der Waals surface area contributed by atoms with Crippen LogP contribution in [0.15, 0.2) is 24.3 Å². The SMILES string of the molecule is COCCCN[C@@H]1CCN(Cc2cccc(F)c2)C[C@H]1O. The predicted octanol–water partition coefficient (Wildman–Crippen LogP) is 1.39. The van der Waals surface area contributed by atoms with Crippen molar-refractivity contribution in [1.82, 2.24) is 10.2 Å². The van der Waals surface area contributed by atoms with E-state index < -0.39 is 0 Å². The van der Waals surface area contributed by atoms with Gasteiger partial charge in [0, 0.05) is 39.4 Å². The maximum atomic E-state index is 13.2. The number of methoxy groups -OCH3 is 1. The fourth-order valence-corrected chi connectivity index (χ4v) is 2.78. The van der Waals surface area contributed by atoms with E-state index in [-0.39, 0.29) is 18.0 Å². The highest BCUT2D eigenvalue weighted by Crippen LogP contribution is 2.15. The second kappa shape index (κ2) is 8.44. The molecule has 2 N–H and O–H groups in total. The van der Waals surface area contributed by atoms with Gasteiger partial charge in [-0.15, -0.1) is 0 Å². The Morgan fingerprint density at radius 3 is 3.05 bits per heavy atom. The van der Waals surface area contributed by atoms with E-state index in [2.05, 4.69) is 10.2 Å². The van der Waals surface area contributed by atoms with Crippen LogP contribution in [0.25, 0.3) is 0 Å². The number of hydrogen-bond donors (Lipinski definition) is 2. The molecule has 1 saturated heterocycles. The molecule has 2 atom stereocenters. The molecule has 1 aliphatic rings. The highest BCUT2D eigenvalue weighted by molar-refractivity contribution is 5.16. The molecule has 0 bridgehead atoms. The summed E-state index contributed by atoms with van der Waals surface area (Å²) in [5.74, 6) is -0.206. The minimum Gasteiger partial charge on any atom is -0.390 e. The molecule has 1 aliphatic heterocycles. The lowest BCUT2D eigenvalue weighted by atomic mass is 10.0. The van der Waals surface area contributed by atoms with E-state index in [1.165, 1.54) is 6.07 Å². The minimum absolute atomic E-state index is 0.144. The van der Waals surface area contributed by atoms with Gasteiger partial charge >= 0.3 is 0 Å². The Balaban J connectivity index is 1.75. The Labute approximate surface area is 125 Å². The van der Waals surface area contributed by atoms with Gasteiger partial charge in [-0.25, -0.2) is 4.39 Å². The van der Waals surface area contributed by atoms with Crippen LogP contribution < -0.4 is 5.32 Å². The van der Waals surface area contributed by atoms with Crippen LogP contribution in [0.3, 0.4) is 0 Å². The van der Waals surface area contributed by atoms with Crippen LogP contribution >= 0.6 is 0 Å². The smallest absolute Gasteiger partial charge is 0.123 e. The maximum Gasteiger partial charge on any atom is 0.123 e. The van der Waals surface area contributed by atoms with Crippen molar-refractivity contribution in [3.05, 3.63) is 35.6 Å². The third-order valence-electron chi connectivity index (χ3n) is 3.89. The molecule has 0 saturated carbocycles. The van der Waals surface area contributed by atoms with Gasteiger partial charge in [0.15, 0.2) is 0 Å². The van der Waals surface area contributed by atoms with Crippen molar-refractivity contribution in [1.29, 1.82) is 0 Å². The van der Waals surface area contributed by atoms with E-state index in [1.54, 1.807) is 19.2 Å². The van der Waals surface area contributed by atoms with E-state index in [0.717, 1.165) is 38.1 Å². The molecular formula is C16H25FN2O2. The van der Waals surface area contributed by atoms with Gasteiger partial charge in [0.25, 0.3) is 0 Å². The number of β-amino-alcohol motifs (C(OH)–C–C–N with tert-alkyl or cyclic N) is 1. The molecule has 5 heteroatoms. The predicted molar refractivity (Wildman–Crippen MR) is 80.6 cm³/mol. The van der Waals surface area contributed by atoms with Gasteiger partial charge in [-0.3, -0.25) is 4.90 Å². The van der Waals surface area contributed by atoms with E-state index in [4.69, 9.17) is 4.74 Å². The number of rotatable bonds is 7. The second-order valence-corrected chi connectivity index (χ2v) is 5.63.